The molecule has 3 rings (SSSR count). The van der Waals surface area contributed by atoms with Gasteiger partial charge in [0.15, 0.2) is 0 Å². The molecular formula is C25H26F3NO2Si. The number of esters is 1. The normalized spacial score (nSPS) is 18.4. The summed E-state index contributed by atoms with van der Waals surface area (Å²) in [6.45, 7) is 3.82. The summed E-state index contributed by atoms with van der Waals surface area (Å²) in [5, 5.41) is 8.69. The van der Waals surface area contributed by atoms with Crippen LogP contribution in [0.1, 0.15) is 53.6 Å². The first-order valence-electron chi connectivity index (χ1n) is 10.9. The quantitative estimate of drug-likeness (QED) is 0.215. The Kier molecular flexibility index (Phi) is 8.29. The Morgan fingerprint density at radius 2 is 1.81 bits per heavy atom. The Morgan fingerprint density at radius 1 is 1.12 bits per heavy atom. The second kappa shape index (κ2) is 11.1. The molecule has 2 aromatic carbocycles. The van der Waals surface area contributed by atoms with E-state index in [-0.39, 0.29) is 15.1 Å². The molecule has 0 spiro atoms. The van der Waals surface area contributed by atoms with Crippen LogP contribution >= 0.6 is 0 Å². The van der Waals surface area contributed by atoms with Gasteiger partial charge in [0.05, 0.1) is 5.56 Å². The van der Waals surface area contributed by atoms with Crippen molar-refractivity contribution in [3.8, 4) is 11.8 Å². The van der Waals surface area contributed by atoms with Gasteiger partial charge in [-0.25, -0.2) is 18.0 Å². The molecular weight excluding hydrogens is 431 g/mol. The number of carbonyl (C=O) groups is 1. The predicted molar refractivity (Wildman–Crippen MR) is 120 cm³/mol. The lowest BCUT2D eigenvalue weighted by Gasteiger charge is -2.28. The molecule has 168 valence electrons. The van der Waals surface area contributed by atoms with E-state index in [0.717, 1.165) is 36.1 Å². The Balaban J connectivity index is 1.55. The van der Waals surface area contributed by atoms with Gasteiger partial charge in [-0.05, 0) is 42.5 Å². The molecule has 0 bridgehead atoms. The van der Waals surface area contributed by atoms with Gasteiger partial charge in [0.2, 0.25) is 0 Å². The number of nitrogens with zero attached hydrogens (tertiary/aromatic N) is 1. The number of carbonyl (C=O) groups excluding carboxylic acids is 1. The Hall–Kier alpha value is -2.85. The summed E-state index contributed by atoms with van der Waals surface area (Å²) in [5.41, 5.74) is 0.641. The summed E-state index contributed by atoms with van der Waals surface area (Å²) < 4.78 is 46.8. The first-order chi connectivity index (χ1) is 15.4. The molecule has 1 aliphatic carbocycles. The van der Waals surface area contributed by atoms with Crippen LogP contribution in [0.4, 0.5) is 13.2 Å². The third-order valence-corrected chi connectivity index (χ3v) is 8.55. The van der Waals surface area contributed by atoms with Crippen LogP contribution in [0.15, 0.2) is 43.0 Å². The van der Waals surface area contributed by atoms with E-state index in [2.05, 4.69) is 6.58 Å². The molecule has 0 saturated heterocycles. The standard InChI is InChI=1S/C25H26F3NO2Si/c1-2-11-32-19-8-5-16(6-9-19)3-4-17-7-10-20(22(26)12-17)25(30)31-18-13-23(27)21(15-29)24(28)14-18/h2,7,10,12-14,16,19H,1,3-6,8-9,11,32H2. The highest BCUT2D eigenvalue weighted by molar-refractivity contribution is 6.38. The maximum Gasteiger partial charge on any atom is 0.346 e. The minimum absolute atomic E-state index is 0.0369. The lowest BCUT2D eigenvalue weighted by Crippen LogP contribution is -2.15. The fourth-order valence-electron chi connectivity index (χ4n) is 4.29. The zero-order chi connectivity index (χ0) is 23.1. The van der Waals surface area contributed by atoms with E-state index < -0.39 is 34.7 Å². The monoisotopic (exact) mass is 457 g/mol. The van der Waals surface area contributed by atoms with E-state index in [1.165, 1.54) is 49.9 Å². The average Bonchev–Trinajstić information content (AvgIpc) is 2.76. The molecule has 0 heterocycles. The Labute approximate surface area is 188 Å². The number of ether oxygens (including phenoxy) is 1. The summed E-state index contributed by atoms with van der Waals surface area (Å²) in [5.74, 6) is -3.87. The van der Waals surface area contributed by atoms with Gasteiger partial charge in [0, 0.05) is 21.7 Å². The van der Waals surface area contributed by atoms with Crippen molar-refractivity contribution >= 4 is 15.5 Å². The van der Waals surface area contributed by atoms with Crippen molar-refractivity contribution in [3.63, 3.8) is 0 Å². The van der Waals surface area contributed by atoms with Crippen LogP contribution < -0.4 is 4.74 Å². The molecule has 1 fully saturated rings. The van der Waals surface area contributed by atoms with Crippen LogP contribution in [0.3, 0.4) is 0 Å². The smallest absolute Gasteiger partial charge is 0.346 e. The fourth-order valence-corrected chi connectivity index (χ4v) is 6.05. The number of rotatable bonds is 8. The lowest BCUT2D eigenvalue weighted by molar-refractivity contribution is 0.0729. The number of halogens is 3. The summed E-state index contributed by atoms with van der Waals surface area (Å²) in [6, 6.07) is 8.37. The number of hydrogen-bond donors (Lipinski definition) is 0. The minimum atomic E-state index is -1.15. The van der Waals surface area contributed by atoms with Gasteiger partial charge in [0.1, 0.15) is 34.8 Å². The summed E-state index contributed by atoms with van der Waals surface area (Å²) in [6.07, 6.45) is 8.79. The van der Waals surface area contributed by atoms with Crippen molar-refractivity contribution < 1.29 is 22.7 Å². The van der Waals surface area contributed by atoms with Gasteiger partial charge in [-0.1, -0.05) is 43.4 Å². The van der Waals surface area contributed by atoms with Crippen molar-refractivity contribution in [2.75, 3.05) is 0 Å². The molecule has 2 aromatic rings. The first-order valence-corrected chi connectivity index (χ1v) is 12.7. The van der Waals surface area contributed by atoms with Crippen molar-refractivity contribution in [1.29, 1.82) is 5.26 Å². The third kappa shape index (κ3) is 6.10. The van der Waals surface area contributed by atoms with Crippen LogP contribution in [0, 0.1) is 34.7 Å². The van der Waals surface area contributed by atoms with E-state index in [0.29, 0.717) is 5.92 Å². The molecule has 32 heavy (non-hydrogen) atoms. The van der Waals surface area contributed by atoms with Crippen LogP contribution in [0.5, 0.6) is 5.75 Å². The van der Waals surface area contributed by atoms with Gasteiger partial charge in [0.25, 0.3) is 0 Å². The van der Waals surface area contributed by atoms with Crippen molar-refractivity contribution in [2.24, 2.45) is 5.92 Å². The zero-order valence-electron chi connectivity index (χ0n) is 17.9. The third-order valence-electron chi connectivity index (χ3n) is 6.18. The van der Waals surface area contributed by atoms with Gasteiger partial charge < -0.3 is 4.74 Å². The highest BCUT2D eigenvalue weighted by atomic mass is 28.2. The maximum absolute atomic E-state index is 14.5. The van der Waals surface area contributed by atoms with Crippen LogP contribution in [0.2, 0.25) is 11.6 Å². The average molecular weight is 458 g/mol. The second-order valence-corrected chi connectivity index (χ2v) is 10.7. The number of aryl methyl sites for hydroxylation is 1. The minimum Gasteiger partial charge on any atom is -0.423 e. The highest BCUT2D eigenvalue weighted by Crippen LogP contribution is 2.35. The number of benzene rings is 2. The van der Waals surface area contributed by atoms with Crippen molar-refractivity contribution in [2.45, 2.75) is 50.1 Å². The van der Waals surface area contributed by atoms with Gasteiger partial charge in [-0.3, -0.25) is 0 Å². The summed E-state index contributed by atoms with van der Waals surface area (Å²) in [4.78, 5) is 12.3. The largest absolute Gasteiger partial charge is 0.423 e. The van der Waals surface area contributed by atoms with Crippen LogP contribution in [-0.4, -0.2) is 15.5 Å². The highest BCUT2D eigenvalue weighted by Gasteiger charge is 2.21. The van der Waals surface area contributed by atoms with E-state index in [9.17, 15) is 18.0 Å². The molecule has 0 radical (unpaired) electrons. The van der Waals surface area contributed by atoms with E-state index in [4.69, 9.17) is 10.00 Å². The summed E-state index contributed by atoms with van der Waals surface area (Å²) in [7, 11) is -0.0369. The zero-order valence-corrected chi connectivity index (χ0v) is 19.3. The predicted octanol–water partition coefficient (Wildman–Crippen LogP) is 5.88. The fraction of sp³-hybridized carbons (Fsp3) is 0.360. The molecule has 3 nitrogen and oxygen atoms in total. The molecule has 0 unspecified atom stereocenters. The molecule has 0 N–H and O–H groups in total. The molecule has 0 aromatic heterocycles. The Bertz CT molecular complexity index is 1000. The summed E-state index contributed by atoms with van der Waals surface area (Å²) >= 11 is 0. The van der Waals surface area contributed by atoms with Crippen molar-refractivity contribution in [1.82, 2.24) is 0 Å². The number of allylic oxidation sites excluding steroid dienone is 1. The number of hydrogen-bond acceptors (Lipinski definition) is 3. The SMILES string of the molecule is C=CC[SiH2]C1CCC(CCc2ccc(C(=O)Oc3cc(F)c(C#N)c(F)c3)c(F)c2)CC1. The van der Waals surface area contributed by atoms with E-state index >= 15 is 0 Å². The van der Waals surface area contributed by atoms with E-state index in [1.807, 2.05) is 6.08 Å². The molecule has 0 aliphatic heterocycles. The lowest BCUT2D eigenvalue weighted by atomic mass is 9.85. The van der Waals surface area contributed by atoms with Gasteiger partial charge in [-0.2, -0.15) is 5.26 Å². The maximum atomic E-state index is 14.5. The van der Waals surface area contributed by atoms with Gasteiger partial charge in [-0.15, -0.1) is 6.58 Å². The topological polar surface area (TPSA) is 50.1 Å². The molecule has 1 aliphatic rings. The van der Waals surface area contributed by atoms with Gasteiger partial charge >= 0.3 is 5.97 Å². The van der Waals surface area contributed by atoms with Crippen LogP contribution in [0.25, 0.3) is 0 Å². The molecule has 1 saturated carbocycles. The van der Waals surface area contributed by atoms with E-state index in [1.54, 1.807) is 6.07 Å². The number of nitriles is 1. The molecule has 7 heteroatoms. The van der Waals surface area contributed by atoms with Crippen LogP contribution in [-0.2, 0) is 6.42 Å². The first kappa shape index (κ1) is 23.8. The molecule has 0 amide bonds. The second-order valence-electron chi connectivity index (χ2n) is 8.37. The molecule has 0 atom stereocenters. The Morgan fingerprint density at radius 3 is 2.41 bits per heavy atom. The van der Waals surface area contributed by atoms with Crippen molar-refractivity contribution in [3.05, 3.63) is 77.1 Å².